The van der Waals surface area contributed by atoms with Crippen molar-refractivity contribution in [2.75, 3.05) is 6.54 Å². The van der Waals surface area contributed by atoms with Crippen molar-refractivity contribution in [2.24, 2.45) is 17.8 Å². The van der Waals surface area contributed by atoms with Gasteiger partial charge in [0.2, 0.25) is 17.7 Å². The van der Waals surface area contributed by atoms with Crippen LogP contribution in [0.3, 0.4) is 0 Å². The van der Waals surface area contributed by atoms with Gasteiger partial charge in [0.15, 0.2) is 0 Å². The van der Waals surface area contributed by atoms with Crippen molar-refractivity contribution in [1.29, 1.82) is 5.26 Å². The molecule has 0 aromatic rings. The molecule has 5 fully saturated rings. The van der Waals surface area contributed by atoms with Crippen LogP contribution in [0.4, 0.5) is 22.0 Å². The van der Waals surface area contributed by atoms with E-state index in [9.17, 15) is 46.4 Å². The van der Waals surface area contributed by atoms with E-state index in [2.05, 4.69) is 10.6 Å². The Bertz CT molecular complexity index is 1030. The summed E-state index contributed by atoms with van der Waals surface area (Å²) in [5.74, 6) is -10.2. The van der Waals surface area contributed by atoms with Gasteiger partial charge in [0.1, 0.15) is 18.1 Å². The lowest BCUT2D eigenvalue weighted by atomic mass is 9.71. The molecule has 3 heterocycles. The van der Waals surface area contributed by atoms with Crippen LogP contribution in [0.15, 0.2) is 0 Å². The second-order valence-electron chi connectivity index (χ2n) is 11.1. The summed E-state index contributed by atoms with van der Waals surface area (Å²) >= 11 is 0. The smallest absolute Gasteiger partial charge is 0.356 e. The fourth-order valence-electron chi connectivity index (χ4n) is 6.27. The fraction of sp³-hybridized carbons (Fsp3) is 0.800. The first-order valence-corrected chi connectivity index (χ1v) is 13.4. The average molecular weight is 562 g/mol. The van der Waals surface area contributed by atoms with E-state index in [-0.39, 0.29) is 37.5 Å². The molecule has 5 aliphatic rings. The van der Waals surface area contributed by atoms with Gasteiger partial charge in [0.05, 0.1) is 12.0 Å². The molecule has 0 aromatic heterocycles. The molecule has 216 valence electrons. The number of carbonyl (C=O) groups excluding carboxylic acids is 4. The molecule has 3 N–H and O–H groups in total. The number of amides is 4. The minimum Gasteiger partial charge on any atom is -0.356 e. The third kappa shape index (κ3) is 6.27. The number of alkyl halides is 5. The number of carbonyl (C=O) groups is 4. The quantitative estimate of drug-likeness (QED) is 0.391. The summed E-state index contributed by atoms with van der Waals surface area (Å²) in [7, 11) is 0. The number of halogens is 5. The standard InChI is InChI=1S/C25H32F5N5O4/c26-24(27)11-16-6-7-17(24)19(21(37)33-15(12-31)10-14-5-2-8-32-20(14)36)35(16)22(38)18(9-13-3-1-4-13)34-23(39)25(28,29)30/h13-19H,1-11H2,(H,32,36)(H,33,37)(H,34,39)/t14-,15-,16+,17+,18+,19-/m0/s1. The van der Waals surface area contributed by atoms with Gasteiger partial charge >= 0.3 is 12.1 Å². The second kappa shape index (κ2) is 11.3. The Kier molecular flexibility index (Phi) is 8.37. The van der Waals surface area contributed by atoms with Crippen LogP contribution >= 0.6 is 0 Å². The largest absolute Gasteiger partial charge is 0.471 e. The van der Waals surface area contributed by atoms with Gasteiger partial charge in [-0.2, -0.15) is 18.4 Å². The summed E-state index contributed by atoms with van der Waals surface area (Å²) in [4.78, 5) is 51.9. The number of nitrogens with zero attached hydrogens (tertiary/aromatic N) is 2. The molecule has 0 radical (unpaired) electrons. The van der Waals surface area contributed by atoms with Crippen molar-refractivity contribution in [3.63, 3.8) is 0 Å². The highest BCUT2D eigenvalue weighted by atomic mass is 19.4. The molecule has 0 aromatic carbocycles. The van der Waals surface area contributed by atoms with Gasteiger partial charge in [0.25, 0.3) is 5.92 Å². The van der Waals surface area contributed by atoms with Gasteiger partial charge in [-0.3, -0.25) is 19.2 Å². The van der Waals surface area contributed by atoms with E-state index >= 15 is 0 Å². The normalized spacial score (nSPS) is 29.8. The summed E-state index contributed by atoms with van der Waals surface area (Å²) in [6.45, 7) is 0.489. The Labute approximate surface area is 222 Å². The van der Waals surface area contributed by atoms with E-state index in [1.165, 1.54) is 0 Å². The molecule has 3 aliphatic heterocycles. The van der Waals surface area contributed by atoms with Crippen LogP contribution in [-0.2, 0) is 19.2 Å². The SMILES string of the molecule is N#C[C@H](C[C@@H]1CCCNC1=O)NC(=O)[C@@H]1[C@H]2CC[C@H](CC2(F)F)N1C(=O)[C@@H](CC1CCC1)NC(=O)C(F)(F)F. The number of nitrogens with one attached hydrogen (secondary N) is 3. The first-order chi connectivity index (χ1) is 18.3. The molecule has 2 saturated carbocycles. The minimum absolute atomic E-state index is 0.0504. The van der Waals surface area contributed by atoms with E-state index in [0.717, 1.165) is 11.3 Å². The summed E-state index contributed by atoms with van der Waals surface area (Å²) in [5.41, 5.74) is 0. The van der Waals surface area contributed by atoms with Crippen molar-refractivity contribution >= 4 is 23.6 Å². The second-order valence-corrected chi connectivity index (χ2v) is 11.1. The van der Waals surface area contributed by atoms with E-state index in [1.54, 1.807) is 5.32 Å². The number of piperidine rings is 3. The van der Waals surface area contributed by atoms with E-state index in [0.29, 0.717) is 32.2 Å². The van der Waals surface area contributed by atoms with Gasteiger partial charge in [0, 0.05) is 24.9 Å². The molecule has 6 atom stereocenters. The van der Waals surface area contributed by atoms with Crippen LogP contribution in [0.5, 0.6) is 0 Å². The zero-order valence-corrected chi connectivity index (χ0v) is 21.2. The maximum Gasteiger partial charge on any atom is 0.471 e. The van der Waals surface area contributed by atoms with Gasteiger partial charge in [-0.25, -0.2) is 8.78 Å². The highest BCUT2D eigenvalue weighted by Crippen LogP contribution is 2.49. The lowest BCUT2D eigenvalue weighted by Gasteiger charge is -2.54. The molecule has 2 bridgehead atoms. The van der Waals surface area contributed by atoms with Crippen LogP contribution < -0.4 is 16.0 Å². The fourth-order valence-corrected chi connectivity index (χ4v) is 6.27. The van der Waals surface area contributed by atoms with Gasteiger partial charge in [-0.15, -0.1) is 0 Å². The summed E-state index contributed by atoms with van der Waals surface area (Å²) in [6, 6.07) is -3.82. The van der Waals surface area contributed by atoms with Gasteiger partial charge < -0.3 is 20.9 Å². The topological polar surface area (TPSA) is 131 Å². The molecule has 0 unspecified atom stereocenters. The van der Waals surface area contributed by atoms with Crippen LogP contribution in [0.25, 0.3) is 0 Å². The van der Waals surface area contributed by atoms with E-state index < -0.39 is 72.2 Å². The van der Waals surface area contributed by atoms with Crippen molar-refractivity contribution in [2.45, 2.75) is 100 Å². The molecule has 9 nitrogen and oxygen atoms in total. The Morgan fingerprint density at radius 1 is 1.08 bits per heavy atom. The van der Waals surface area contributed by atoms with Crippen LogP contribution in [0.1, 0.15) is 64.2 Å². The molecule has 14 heteroatoms. The molecule has 5 rings (SSSR count). The third-order valence-corrected chi connectivity index (χ3v) is 8.51. The zero-order valence-electron chi connectivity index (χ0n) is 21.2. The Morgan fingerprint density at radius 3 is 2.36 bits per heavy atom. The average Bonchev–Trinajstić information content (AvgIpc) is 2.84. The Hall–Kier alpha value is -2.98. The number of fused-ring (bicyclic) bond motifs is 3. The summed E-state index contributed by atoms with van der Waals surface area (Å²) < 4.78 is 69.1. The lowest BCUT2D eigenvalue weighted by molar-refractivity contribution is -0.196. The number of hydrogen-bond acceptors (Lipinski definition) is 5. The number of rotatable bonds is 8. The predicted octanol–water partition coefficient (Wildman–Crippen LogP) is 2.16. The highest BCUT2D eigenvalue weighted by molar-refractivity contribution is 5.94. The molecule has 4 amide bonds. The third-order valence-electron chi connectivity index (χ3n) is 8.51. The molecular formula is C25H32F5N5O4. The van der Waals surface area contributed by atoms with Crippen molar-refractivity contribution in [1.82, 2.24) is 20.9 Å². The first-order valence-electron chi connectivity index (χ1n) is 13.4. The van der Waals surface area contributed by atoms with Crippen molar-refractivity contribution < 1.29 is 41.1 Å². The highest BCUT2D eigenvalue weighted by Gasteiger charge is 2.61. The maximum atomic E-state index is 15.0. The van der Waals surface area contributed by atoms with Crippen LogP contribution in [0, 0.1) is 29.1 Å². The molecule has 39 heavy (non-hydrogen) atoms. The maximum absolute atomic E-state index is 15.0. The number of nitriles is 1. The predicted molar refractivity (Wildman–Crippen MR) is 125 cm³/mol. The van der Waals surface area contributed by atoms with Crippen LogP contribution in [-0.4, -0.2) is 71.3 Å². The molecular weight excluding hydrogens is 529 g/mol. The van der Waals surface area contributed by atoms with Gasteiger partial charge in [-0.1, -0.05) is 19.3 Å². The summed E-state index contributed by atoms with van der Waals surface area (Å²) in [6.07, 6.45) is -2.84. The molecule has 0 spiro atoms. The molecule has 2 aliphatic carbocycles. The van der Waals surface area contributed by atoms with E-state index in [1.807, 2.05) is 6.07 Å². The minimum atomic E-state index is -5.26. The van der Waals surface area contributed by atoms with Crippen molar-refractivity contribution in [3.8, 4) is 6.07 Å². The van der Waals surface area contributed by atoms with Crippen molar-refractivity contribution in [3.05, 3.63) is 0 Å². The molecule has 3 saturated heterocycles. The van der Waals surface area contributed by atoms with E-state index in [4.69, 9.17) is 0 Å². The zero-order chi connectivity index (χ0) is 28.5. The Morgan fingerprint density at radius 2 is 1.79 bits per heavy atom. The first kappa shape index (κ1) is 29.0. The number of hydrogen-bond donors (Lipinski definition) is 3. The Balaban J connectivity index is 1.57. The monoisotopic (exact) mass is 561 g/mol. The van der Waals surface area contributed by atoms with Gasteiger partial charge in [-0.05, 0) is 44.4 Å². The van der Waals surface area contributed by atoms with Crippen LogP contribution in [0.2, 0.25) is 0 Å². The summed E-state index contributed by atoms with van der Waals surface area (Å²) in [5, 5.41) is 16.4. The lowest BCUT2D eigenvalue weighted by Crippen LogP contribution is -2.71.